The topological polar surface area (TPSA) is 72.7 Å². The minimum absolute atomic E-state index is 0.0410. The van der Waals surface area contributed by atoms with E-state index in [0.717, 1.165) is 49.4 Å². The summed E-state index contributed by atoms with van der Waals surface area (Å²) in [5.74, 6) is 0.104. The zero-order valence-corrected chi connectivity index (χ0v) is 17.8. The van der Waals surface area contributed by atoms with Gasteiger partial charge in [-0.25, -0.2) is 13.8 Å². The molecule has 9 heteroatoms. The first-order chi connectivity index (χ1) is 15.6. The van der Waals surface area contributed by atoms with Crippen LogP contribution in [0.4, 0.5) is 14.5 Å². The molecule has 32 heavy (non-hydrogen) atoms. The summed E-state index contributed by atoms with van der Waals surface area (Å²) in [6, 6.07) is 10.7. The van der Waals surface area contributed by atoms with Crippen LogP contribution in [-0.2, 0) is 13.0 Å². The third-order valence-electron chi connectivity index (χ3n) is 5.42. The molecular formula is C23H19F2N5OS. The van der Waals surface area contributed by atoms with Crippen LogP contribution in [0.5, 0.6) is 0 Å². The van der Waals surface area contributed by atoms with Crippen molar-refractivity contribution in [2.75, 3.05) is 5.32 Å². The number of halogens is 2. The lowest BCUT2D eigenvalue weighted by molar-refractivity contribution is 0.103. The second kappa shape index (κ2) is 8.58. The van der Waals surface area contributed by atoms with Crippen LogP contribution >= 0.6 is 11.3 Å². The molecule has 0 aliphatic carbocycles. The van der Waals surface area contributed by atoms with Gasteiger partial charge in [0.25, 0.3) is 5.91 Å². The molecule has 0 unspecified atom stereocenters. The molecule has 1 aliphatic rings. The van der Waals surface area contributed by atoms with Crippen LogP contribution in [0.1, 0.15) is 34.8 Å². The Morgan fingerprint density at radius 1 is 1.03 bits per heavy atom. The van der Waals surface area contributed by atoms with Gasteiger partial charge in [0.05, 0.1) is 11.9 Å². The highest BCUT2D eigenvalue weighted by Crippen LogP contribution is 2.30. The van der Waals surface area contributed by atoms with Gasteiger partial charge >= 0.3 is 0 Å². The summed E-state index contributed by atoms with van der Waals surface area (Å²) in [4.78, 5) is 17.1. The average molecular weight is 452 g/mol. The van der Waals surface area contributed by atoms with E-state index in [4.69, 9.17) is 0 Å². The van der Waals surface area contributed by atoms with Crippen LogP contribution in [0, 0.1) is 11.6 Å². The van der Waals surface area contributed by atoms with Gasteiger partial charge in [-0.05, 0) is 43.2 Å². The van der Waals surface area contributed by atoms with Crippen molar-refractivity contribution in [1.82, 2.24) is 19.7 Å². The summed E-state index contributed by atoms with van der Waals surface area (Å²) in [6.45, 7) is 0.816. The quantitative estimate of drug-likeness (QED) is 0.455. The molecule has 6 nitrogen and oxygen atoms in total. The number of aromatic nitrogens is 4. The summed E-state index contributed by atoms with van der Waals surface area (Å²) in [6.07, 6.45) is 5.48. The van der Waals surface area contributed by atoms with Gasteiger partial charge in [0.2, 0.25) is 0 Å². The normalized spacial score (nSPS) is 13.4. The van der Waals surface area contributed by atoms with Crippen molar-refractivity contribution in [3.63, 3.8) is 0 Å². The molecule has 1 aliphatic heterocycles. The number of carbonyl (C=O) groups excluding carboxylic acids is 1. The number of nitrogens with one attached hydrogen (secondary N) is 1. The third-order valence-corrected chi connectivity index (χ3v) is 6.45. The molecule has 0 saturated heterocycles. The van der Waals surface area contributed by atoms with E-state index in [-0.39, 0.29) is 10.6 Å². The van der Waals surface area contributed by atoms with E-state index in [2.05, 4.69) is 25.1 Å². The molecule has 0 radical (unpaired) electrons. The van der Waals surface area contributed by atoms with E-state index in [1.807, 2.05) is 0 Å². The number of fused-ring (bicyclic) bond motifs is 1. The predicted molar refractivity (Wildman–Crippen MR) is 118 cm³/mol. The Bertz CT molecular complexity index is 1300. The Morgan fingerprint density at radius 3 is 2.78 bits per heavy atom. The van der Waals surface area contributed by atoms with Crippen LogP contribution in [-0.4, -0.2) is 25.7 Å². The molecule has 5 rings (SSSR count). The standard InChI is InChI=1S/C23H19F2N5OS/c24-16-7-4-3-6-15(16)23-26-13-19(32-23)22(31)27-18-12-14(9-10-17(18)25)21-29-28-20-8-2-1-5-11-30(20)21/h3-4,6-7,9-10,12-13H,1-2,5,8,11H2,(H,27,31). The number of hydrogen-bond acceptors (Lipinski definition) is 5. The van der Waals surface area contributed by atoms with Gasteiger partial charge < -0.3 is 9.88 Å². The number of thiazole rings is 1. The van der Waals surface area contributed by atoms with Crippen LogP contribution in [0.25, 0.3) is 22.0 Å². The van der Waals surface area contributed by atoms with Crippen molar-refractivity contribution in [3.05, 3.63) is 71.0 Å². The maximum Gasteiger partial charge on any atom is 0.267 e. The van der Waals surface area contributed by atoms with E-state index in [0.29, 0.717) is 22.0 Å². The number of rotatable bonds is 4. The van der Waals surface area contributed by atoms with Gasteiger partial charge in [-0.2, -0.15) is 0 Å². The van der Waals surface area contributed by atoms with Crippen molar-refractivity contribution in [2.24, 2.45) is 0 Å². The second-order valence-corrected chi connectivity index (χ2v) is 8.59. The summed E-state index contributed by atoms with van der Waals surface area (Å²) >= 11 is 1.04. The summed E-state index contributed by atoms with van der Waals surface area (Å²) < 4.78 is 30.6. The van der Waals surface area contributed by atoms with E-state index in [9.17, 15) is 13.6 Å². The van der Waals surface area contributed by atoms with Gasteiger partial charge in [-0.1, -0.05) is 18.6 Å². The SMILES string of the molecule is O=C(Nc1cc(-c2nnc3n2CCCCC3)ccc1F)c1cnc(-c2ccccc2F)s1. The summed E-state index contributed by atoms with van der Waals surface area (Å²) in [5.41, 5.74) is 1.04. The van der Waals surface area contributed by atoms with Crippen LogP contribution < -0.4 is 5.32 Å². The molecule has 1 N–H and O–H groups in total. The summed E-state index contributed by atoms with van der Waals surface area (Å²) in [7, 11) is 0. The van der Waals surface area contributed by atoms with Gasteiger partial charge in [0, 0.05) is 24.1 Å². The smallest absolute Gasteiger partial charge is 0.267 e. The third kappa shape index (κ3) is 3.91. The number of anilines is 1. The predicted octanol–water partition coefficient (Wildman–Crippen LogP) is 5.33. The number of nitrogens with zero attached hydrogens (tertiary/aromatic N) is 4. The molecule has 162 valence electrons. The Balaban J connectivity index is 1.40. The van der Waals surface area contributed by atoms with Crippen molar-refractivity contribution in [3.8, 4) is 22.0 Å². The lowest BCUT2D eigenvalue weighted by Crippen LogP contribution is -2.12. The fraction of sp³-hybridized carbons (Fsp3) is 0.217. The fourth-order valence-corrected chi connectivity index (χ4v) is 4.62. The van der Waals surface area contributed by atoms with Gasteiger partial charge in [-0.15, -0.1) is 21.5 Å². The van der Waals surface area contributed by atoms with Crippen molar-refractivity contribution in [2.45, 2.75) is 32.2 Å². The Labute approximate surface area is 187 Å². The fourth-order valence-electron chi connectivity index (χ4n) is 3.78. The first-order valence-corrected chi connectivity index (χ1v) is 11.2. The van der Waals surface area contributed by atoms with E-state index >= 15 is 0 Å². The van der Waals surface area contributed by atoms with E-state index in [1.165, 1.54) is 18.3 Å². The lowest BCUT2D eigenvalue weighted by atomic mass is 10.1. The molecule has 2 aromatic carbocycles. The van der Waals surface area contributed by atoms with Crippen LogP contribution in [0.15, 0.2) is 48.7 Å². The molecular weight excluding hydrogens is 432 g/mol. The highest BCUT2D eigenvalue weighted by atomic mass is 32.1. The van der Waals surface area contributed by atoms with E-state index < -0.39 is 17.5 Å². The molecule has 0 fully saturated rings. The van der Waals surface area contributed by atoms with Gasteiger partial charge in [0.1, 0.15) is 27.3 Å². The minimum Gasteiger partial charge on any atom is -0.319 e. The molecule has 0 spiro atoms. The molecule has 4 aromatic rings. The van der Waals surface area contributed by atoms with E-state index in [1.54, 1.807) is 30.3 Å². The zero-order chi connectivity index (χ0) is 22.1. The number of aryl methyl sites for hydroxylation is 1. The monoisotopic (exact) mass is 451 g/mol. The van der Waals surface area contributed by atoms with Gasteiger partial charge in [-0.3, -0.25) is 4.79 Å². The molecule has 0 saturated carbocycles. The number of benzene rings is 2. The molecule has 0 atom stereocenters. The Hall–Kier alpha value is -3.46. The highest BCUT2D eigenvalue weighted by Gasteiger charge is 2.19. The molecule has 3 heterocycles. The first-order valence-electron chi connectivity index (χ1n) is 10.3. The maximum atomic E-state index is 14.5. The number of amides is 1. The zero-order valence-electron chi connectivity index (χ0n) is 17.0. The van der Waals surface area contributed by atoms with Crippen LogP contribution in [0.3, 0.4) is 0 Å². The average Bonchev–Trinajstić information content (AvgIpc) is 3.37. The van der Waals surface area contributed by atoms with Gasteiger partial charge in [0.15, 0.2) is 5.82 Å². The number of hydrogen-bond donors (Lipinski definition) is 1. The molecule has 0 bridgehead atoms. The number of carbonyl (C=O) groups is 1. The van der Waals surface area contributed by atoms with Crippen LogP contribution in [0.2, 0.25) is 0 Å². The largest absolute Gasteiger partial charge is 0.319 e. The highest BCUT2D eigenvalue weighted by molar-refractivity contribution is 7.17. The first kappa shape index (κ1) is 20.4. The maximum absolute atomic E-state index is 14.5. The summed E-state index contributed by atoms with van der Waals surface area (Å²) in [5, 5.41) is 11.6. The minimum atomic E-state index is -0.559. The molecule has 2 aromatic heterocycles. The Morgan fingerprint density at radius 2 is 1.91 bits per heavy atom. The second-order valence-electron chi connectivity index (χ2n) is 7.56. The molecule has 1 amide bonds. The van der Waals surface area contributed by atoms with Crippen molar-refractivity contribution >= 4 is 22.9 Å². The Kier molecular flexibility index (Phi) is 5.48. The van der Waals surface area contributed by atoms with Crippen molar-refractivity contribution < 1.29 is 13.6 Å². The van der Waals surface area contributed by atoms with Crippen molar-refractivity contribution in [1.29, 1.82) is 0 Å². The lowest BCUT2D eigenvalue weighted by Gasteiger charge is -2.10.